The predicted molar refractivity (Wildman–Crippen MR) is 367 cm³/mol. The lowest BCUT2D eigenvalue weighted by Gasteiger charge is -2.56. The summed E-state index contributed by atoms with van der Waals surface area (Å²) in [5, 5.41) is 36.4. The number of nitrogens with zero attached hydrogens (tertiary/aromatic N) is 6. The van der Waals surface area contributed by atoms with Crippen molar-refractivity contribution in [2.75, 3.05) is 11.9 Å². The summed E-state index contributed by atoms with van der Waals surface area (Å²) in [7, 11) is -2.23. The van der Waals surface area contributed by atoms with Gasteiger partial charge in [-0.1, -0.05) is 277 Å². The first-order chi connectivity index (χ1) is 43.9. The Hall–Kier alpha value is -9.00. The highest BCUT2D eigenvalue weighted by Crippen LogP contribution is 2.54. The molecule has 11 heteroatoms. The van der Waals surface area contributed by atoms with E-state index in [1.807, 2.05) is 10.9 Å². The fourth-order valence-corrected chi connectivity index (χ4v) is 21.1. The van der Waals surface area contributed by atoms with Gasteiger partial charge in [0.15, 0.2) is 5.65 Å². The van der Waals surface area contributed by atoms with Gasteiger partial charge in [-0.25, -0.2) is 9.67 Å². The van der Waals surface area contributed by atoms with Gasteiger partial charge in [-0.15, -0.1) is 5.10 Å². The molecule has 11 aromatic rings. The molecule has 14 rings (SSSR count). The second kappa shape index (κ2) is 25.1. The van der Waals surface area contributed by atoms with E-state index >= 15 is 0 Å². The average molecular weight is 1200 g/mol. The van der Waals surface area contributed by atoms with Crippen LogP contribution in [0.5, 0.6) is 5.75 Å². The fourth-order valence-electron chi connectivity index (χ4n) is 15.8. The Morgan fingerprint density at radius 3 is 1.59 bits per heavy atom. The van der Waals surface area contributed by atoms with Gasteiger partial charge < -0.3 is 20.2 Å². The van der Waals surface area contributed by atoms with Gasteiger partial charge in [0.1, 0.15) is 28.2 Å². The van der Waals surface area contributed by atoms with Gasteiger partial charge in [0, 0.05) is 34.8 Å². The maximum Gasteiger partial charge on any atom is 0.258 e. The highest BCUT2D eigenvalue weighted by Gasteiger charge is 2.55. The summed E-state index contributed by atoms with van der Waals surface area (Å²) in [6.45, 7) is 15.0. The third kappa shape index (κ3) is 10.8. The maximum absolute atomic E-state index is 12.2. The molecule has 3 aliphatic rings. The normalized spacial score (nSPS) is 18.0. The van der Waals surface area contributed by atoms with E-state index in [1.165, 1.54) is 5.56 Å². The van der Waals surface area contributed by atoms with Crippen LogP contribution >= 0.6 is 0 Å². The Labute approximate surface area is 531 Å². The molecule has 3 saturated carbocycles. The van der Waals surface area contributed by atoms with Crippen LogP contribution in [0.25, 0.3) is 16.7 Å². The third-order valence-corrected chi connectivity index (χ3v) is 26.2. The molecule has 3 fully saturated rings. The van der Waals surface area contributed by atoms with Crippen molar-refractivity contribution < 1.29 is 9.53 Å². The van der Waals surface area contributed by atoms with Crippen LogP contribution in [0.4, 0.5) is 5.82 Å². The second-order valence-corrected chi connectivity index (χ2v) is 31.4. The largest absolute Gasteiger partial charge is 0.543 e. The van der Waals surface area contributed by atoms with E-state index in [0.29, 0.717) is 53.1 Å². The molecular formula is C79H82N8O2Si. The molecule has 0 saturated heterocycles. The summed E-state index contributed by atoms with van der Waals surface area (Å²) < 4.78 is 11.3. The van der Waals surface area contributed by atoms with Crippen molar-refractivity contribution in [1.29, 1.82) is 0 Å². The fraction of sp³-hybridized carbons (Fsp3) is 0.266. The molecule has 2 bridgehead atoms. The van der Waals surface area contributed by atoms with Gasteiger partial charge in [0.2, 0.25) is 0 Å². The van der Waals surface area contributed by atoms with Crippen LogP contribution in [0.15, 0.2) is 261 Å². The molecule has 3 aromatic heterocycles. The van der Waals surface area contributed by atoms with Crippen LogP contribution in [-0.4, -0.2) is 61.4 Å². The van der Waals surface area contributed by atoms with E-state index in [9.17, 15) is 5.11 Å². The van der Waals surface area contributed by atoms with Crippen LogP contribution in [0.3, 0.4) is 0 Å². The molecular weight excluding hydrogens is 1120 g/mol. The lowest BCUT2D eigenvalue weighted by molar-refractivity contribution is -0.0485. The number of anilines is 1. The van der Waals surface area contributed by atoms with E-state index in [-0.39, 0.29) is 11.0 Å². The third-order valence-electron chi connectivity index (χ3n) is 20.2. The van der Waals surface area contributed by atoms with Crippen molar-refractivity contribution in [3.8, 4) is 5.75 Å². The topological polar surface area (TPSA) is 115 Å². The Morgan fingerprint density at radius 2 is 1.10 bits per heavy atom. The Kier molecular flexibility index (Phi) is 16.7. The summed E-state index contributed by atoms with van der Waals surface area (Å²) in [6.07, 6.45) is 10.4. The lowest BCUT2D eigenvalue weighted by atomic mass is 9.53. The number of fused-ring (bicyclic) bond motifs is 4. The van der Waals surface area contributed by atoms with Gasteiger partial charge in [-0.3, -0.25) is 4.68 Å². The molecule has 1 unspecified atom stereocenters. The second-order valence-electron chi connectivity index (χ2n) is 26.0. The molecule has 90 heavy (non-hydrogen) atoms. The van der Waals surface area contributed by atoms with Crippen LogP contribution in [0.1, 0.15) is 129 Å². The van der Waals surface area contributed by atoms with E-state index < -0.39 is 25.5 Å². The van der Waals surface area contributed by atoms with Crippen molar-refractivity contribution in [3.05, 3.63) is 317 Å². The first kappa shape index (κ1) is 59.9. The summed E-state index contributed by atoms with van der Waals surface area (Å²) in [4.78, 5) is 5.85. The smallest absolute Gasteiger partial charge is 0.258 e. The zero-order valence-corrected chi connectivity index (χ0v) is 53.6. The van der Waals surface area contributed by atoms with Crippen LogP contribution in [-0.2, 0) is 23.0 Å². The van der Waals surface area contributed by atoms with Gasteiger partial charge in [0.05, 0.1) is 18.8 Å². The number of aliphatic hydroxyl groups excluding tert-OH is 1. The first-order valence-corrected chi connectivity index (χ1v) is 34.4. The summed E-state index contributed by atoms with van der Waals surface area (Å²) in [5.41, 5.74) is 11.2. The van der Waals surface area contributed by atoms with Crippen LogP contribution < -0.4 is 15.1 Å². The number of aliphatic hydroxyl groups is 1. The van der Waals surface area contributed by atoms with Crippen molar-refractivity contribution in [2.45, 2.75) is 125 Å². The molecule has 454 valence electrons. The lowest BCUT2D eigenvalue weighted by Crippen LogP contribution is -2.62. The van der Waals surface area contributed by atoms with E-state index in [4.69, 9.17) is 24.8 Å². The minimum Gasteiger partial charge on any atom is -0.543 e. The van der Waals surface area contributed by atoms with Crippen molar-refractivity contribution in [2.24, 2.45) is 0 Å². The molecule has 0 spiro atoms. The Bertz CT molecular complexity index is 3990. The van der Waals surface area contributed by atoms with E-state index in [2.05, 4.69) is 312 Å². The number of hydrogen-bond donors (Lipinski definition) is 3. The van der Waals surface area contributed by atoms with Crippen LogP contribution in [0, 0.1) is 0 Å². The zero-order valence-electron chi connectivity index (χ0n) is 52.6. The number of rotatable bonds is 22. The SMILES string of the molecule is CC(C)[Si](Oc1cccc(Cn2cc(C(=CCNC34CCC(c5ccccc5)(CC3)C(O)C4)c3cc(NC(c4ccccc4)(c4ccccc4)c4ccccc4)nc4c3nnn4C(c3ccccc3)(c3ccccc3)c3ccccc3)cn2)c1)(C(C)C)C(C)C. The Balaban J connectivity index is 1.02. The van der Waals surface area contributed by atoms with Crippen molar-refractivity contribution >= 4 is 30.9 Å². The van der Waals surface area contributed by atoms with E-state index in [1.54, 1.807) is 0 Å². The van der Waals surface area contributed by atoms with Gasteiger partial charge >= 0.3 is 0 Å². The minimum absolute atomic E-state index is 0.241. The van der Waals surface area contributed by atoms with Gasteiger partial charge in [-0.05, 0) is 117 Å². The summed E-state index contributed by atoms with van der Waals surface area (Å²) >= 11 is 0. The highest BCUT2D eigenvalue weighted by atomic mass is 28.4. The van der Waals surface area contributed by atoms with Gasteiger partial charge in [-0.2, -0.15) is 5.10 Å². The van der Waals surface area contributed by atoms with Crippen molar-refractivity contribution in [1.82, 2.24) is 35.1 Å². The molecule has 3 aliphatic carbocycles. The molecule has 3 heterocycles. The summed E-state index contributed by atoms with van der Waals surface area (Å²) in [6, 6.07) is 85.4. The number of benzene rings is 8. The quantitative estimate of drug-likeness (QED) is 0.0454. The Morgan fingerprint density at radius 1 is 0.611 bits per heavy atom. The number of pyridine rings is 1. The monoisotopic (exact) mass is 1200 g/mol. The molecule has 8 aromatic carbocycles. The molecule has 0 radical (unpaired) electrons. The first-order valence-electron chi connectivity index (χ1n) is 32.3. The average Bonchev–Trinajstić information content (AvgIpc) is 1.34. The highest BCUT2D eigenvalue weighted by molar-refractivity contribution is 6.78. The molecule has 1 atom stereocenters. The standard InChI is InChI=1S/C79H82N8O2Si/c1-57(2)90(58(3)4,59(5)6)89-69-44-28-29-60(51-69)55-86-56-61(54-81-86)70(45-50-80-76-46-48-77(49-47-76,72(88)53-76)62-30-14-7-15-31-62)71-52-73(83-78(63-32-16-8-17-33-63,64-34-18-9-19-35-64)65-36-20-10-21-37-65)82-75-74(71)84-85-87(75)79(66-38-22-11-23-39-66,67-40-24-12-25-41-67)68-42-26-13-27-43-68/h7-45,51-52,54,56-59,72,80,88H,46-50,53,55H2,1-6H3,(H,82,83). The number of nitrogens with one attached hydrogen (secondary N) is 2. The number of hydrogen-bond acceptors (Lipinski definition) is 8. The molecule has 3 N–H and O–H groups in total. The van der Waals surface area contributed by atoms with Crippen molar-refractivity contribution in [3.63, 3.8) is 0 Å². The summed E-state index contributed by atoms with van der Waals surface area (Å²) in [5.74, 6) is 1.54. The zero-order chi connectivity index (χ0) is 61.9. The number of aromatic nitrogens is 6. The molecule has 0 aliphatic heterocycles. The predicted octanol–water partition coefficient (Wildman–Crippen LogP) is 16.9. The molecule has 10 nitrogen and oxygen atoms in total. The van der Waals surface area contributed by atoms with Crippen LogP contribution in [0.2, 0.25) is 16.6 Å². The van der Waals surface area contributed by atoms with Gasteiger partial charge in [0.25, 0.3) is 8.32 Å². The van der Waals surface area contributed by atoms with E-state index in [0.717, 1.165) is 87.1 Å². The maximum atomic E-state index is 12.2. The molecule has 0 amide bonds. The minimum atomic E-state index is -2.23.